The van der Waals surface area contributed by atoms with Crippen LogP contribution in [0.3, 0.4) is 0 Å². The maximum atomic E-state index is 11.9. The number of aryl methyl sites for hydroxylation is 1. The van der Waals surface area contributed by atoms with Crippen LogP contribution in [0.4, 0.5) is 5.69 Å². The summed E-state index contributed by atoms with van der Waals surface area (Å²) in [6.45, 7) is 5.58. The summed E-state index contributed by atoms with van der Waals surface area (Å²) in [7, 11) is 0. The fourth-order valence-corrected chi connectivity index (χ4v) is 1.67. The first kappa shape index (κ1) is 15.2. The Labute approximate surface area is 112 Å². The normalized spacial score (nSPS) is 13.7. The molecule has 0 saturated heterocycles. The fourth-order valence-electron chi connectivity index (χ4n) is 1.67. The molecule has 0 aliphatic heterocycles. The summed E-state index contributed by atoms with van der Waals surface area (Å²) in [5.41, 5.74) is 7.09. The van der Waals surface area contributed by atoms with Gasteiger partial charge in [0.25, 0.3) is 0 Å². The largest absolute Gasteiger partial charge is 0.478 e. The third kappa shape index (κ3) is 3.79. The molecule has 4 N–H and O–H groups in total. The third-order valence-corrected chi connectivity index (χ3v) is 3.30. The van der Waals surface area contributed by atoms with Gasteiger partial charge in [0, 0.05) is 5.69 Å². The maximum absolute atomic E-state index is 11.9. The van der Waals surface area contributed by atoms with Crippen LogP contribution in [0.2, 0.25) is 0 Å². The molecule has 2 atom stereocenters. The van der Waals surface area contributed by atoms with E-state index in [1.165, 1.54) is 6.07 Å². The van der Waals surface area contributed by atoms with E-state index in [0.29, 0.717) is 11.3 Å². The molecular formula is C14H20N2O3. The lowest BCUT2D eigenvalue weighted by Gasteiger charge is -2.18. The molecule has 0 unspecified atom stereocenters. The van der Waals surface area contributed by atoms with Crippen LogP contribution in [0, 0.1) is 12.8 Å². The molecule has 0 fully saturated rings. The molecule has 1 amide bonds. The van der Waals surface area contributed by atoms with E-state index in [4.69, 9.17) is 10.8 Å². The molecule has 0 saturated carbocycles. The van der Waals surface area contributed by atoms with Gasteiger partial charge in [-0.25, -0.2) is 4.79 Å². The Hall–Kier alpha value is -1.88. The number of anilines is 1. The van der Waals surface area contributed by atoms with Gasteiger partial charge in [-0.1, -0.05) is 26.3 Å². The molecule has 0 aliphatic carbocycles. The molecule has 0 aromatic heterocycles. The van der Waals surface area contributed by atoms with Crippen LogP contribution < -0.4 is 11.1 Å². The van der Waals surface area contributed by atoms with E-state index in [9.17, 15) is 9.59 Å². The van der Waals surface area contributed by atoms with Crippen LogP contribution >= 0.6 is 0 Å². The number of carboxylic acids is 1. The number of hydrogen-bond donors (Lipinski definition) is 3. The Morgan fingerprint density at radius 2 is 2.05 bits per heavy atom. The molecule has 0 bridgehead atoms. The zero-order chi connectivity index (χ0) is 14.6. The minimum atomic E-state index is -1.01. The highest BCUT2D eigenvalue weighted by atomic mass is 16.4. The van der Waals surface area contributed by atoms with E-state index < -0.39 is 12.0 Å². The third-order valence-electron chi connectivity index (χ3n) is 3.30. The Balaban J connectivity index is 2.86. The number of nitrogens with one attached hydrogen (secondary N) is 1. The number of benzene rings is 1. The number of amides is 1. The van der Waals surface area contributed by atoms with E-state index in [0.717, 1.165) is 6.42 Å². The average molecular weight is 264 g/mol. The summed E-state index contributed by atoms with van der Waals surface area (Å²) in [6, 6.07) is 4.18. The van der Waals surface area contributed by atoms with Crippen molar-refractivity contribution >= 4 is 17.6 Å². The van der Waals surface area contributed by atoms with Gasteiger partial charge in [0.1, 0.15) is 0 Å². The van der Waals surface area contributed by atoms with Gasteiger partial charge in [0.05, 0.1) is 11.6 Å². The van der Waals surface area contributed by atoms with Gasteiger partial charge in [-0.3, -0.25) is 4.79 Å². The van der Waals surface area contributed by atoms with Gasteiger partial charge in [-0.15, -0.1) is 0 Å². The number of aromatic carboxylic acids is 1. The van der Waals surface area contributed by atoms with Crippen LogP contribution in [-0.4, -0.2) is 23.0 Å². The van der Waals surface area contributed by atoms with E-state index in [1.807, 2.05) is 13.8 Å². The summed E-state index contributed by atoms with van der Waals surface area (Å²) in [6.07, 6.45) is 0.808. The van der Waals surface area contributed by atoms with Crippen LogP contribution in [0.5, 0.6) is 0 Å². The highest BCUT2D eigenvalue weighted by Crippen LogP contribution is 2.16. The van der Waals surface area contributed by atoms with E-state index >= 15 is 0 Å². The molecule has 0 radical (unpaired) electrons. The zero-order valence-electron chi connectivity index (χ0n) is 11.4. The first-order valence-electron chi connectivity index (χ1n) is 6.27. The molecule has 5 heteroatoms. The van der Waals surface area contributed by atoms with Gasteiger partial charge in [0.2, 0.25) is 5.91 Å². The lowest BCUT2D eigenvalue weighted by molar-refractivity contribution is -0.118. The van der Waals surface area contributed by atoms with Gasteiger partial charge >= 0.3 is 5.97 Å². The number of carbonyl (C=O) groups is 2. The van der Waals surface area contributed by atoms with E-state index in [2.05, 4.69) is 5.32 Å². The smallest absolute Gasteiger partial charge is 0.336 e. The summed E-state index contributed by atoms with van der Waals surface area (Å²) in [4.78, 5) is 22.9. The zero-order valence-corrected chi connectivity index (χ0v) is 11.4. The Bertz CT molecular complexity index is 486. The predicted octanol–water partition coefficient (Wildman–Crippen LogP) is 2.01. The summed E-state index contributed by atoms with van der Waals surface area (Å²) >= 11 is 0. The highest BCUT2D eigenvalue weighted by molar-refractivity contribution is 5.97. The molecule has 19 heavy (non-hydrogen) atoms. The van der Waals surface area contributed by atoms with Crippen LogP contribution in [0.15, 0.2) is 18.2 Å². The second-order valence-corrected chi connectivity index (χ2v) is 4.74. The highest BCUT2D eigenvalue weighted by Gasteiger charge is 2.19. The van der Waals surface area contributed by atoms with E-state index in [1.54, 1.807) is 19.1 Å². The first-order chi connectivity index (χ1) is 8.86. The second kappa shape index (κ2) is 6.33. The fraction of sp³-hybridized carbons (Fsp3) is 0.429. The number of carboxylic acid groups (broad SMARTS) is 1. The number of nitrogens with two attached hydrogens (primary N) is 1. The number of rotatable bonds is 5. The minimum absolute atomic E-state index is 0.0735. The van der Waals surface area contributed by atoms with E-state index in [-0.39, 0.29) is 17.4 Å². The molecule has 0 heterocycles. The van der Waals surface area contributed by atoms with Crippen molar-refractivity contribution < 1.29 is 14.7 Å². The molecular weight excluding hydrogens is 244 g/mol. The summed E-state index contributed by atoms with van der Waals surface area (Å²) < 4.78 is 0. The van der Waals surface area contributed by atoms with Crippen LogP contribution in [0.25, 0.3) is 0 Å². The Kier molecular flexibility index (Phi) is 5.06. The molecule has 1 aromatic carbocycles. The Morgan fingerprint density at radius 1 is 1.42 bits per heavy atom. The quantitative estimate of drug-likeness (QED) is 0.758. The predicted molar refractivity (Wildman–Crippen MR) is 74.2 cm³/mol. The number of hydrogen-bond acceptors (Lipinski definition) is 3. The molecule has 0 aliphatic rings. The van der Waals surface area contributed by atoms with Gasteiger partial charge in [-0.05, 0) is 30.5 Å². The van der Waals surface area contributed by atoms with Crippen molar-refractivity contribution in [2.45, 2.75) is 33.2 Å². The molecule has 1 rings (SSSR count). The second-order valence-electron chi connectivity index (χ2n) is 4.74. The standard InChI is InChI=1S/C14H20N2O3/c1-4-8(2)12(15)13(17)16-10-6-5-9(3)11(7-10)14(18)19/h5-8,12H,4,15H2,1-3H3,(H,16,17)(H,18,19)/t8-,12-/m0/s1. The summed E-state index contributed by atoms with van der Waals surface area (Å²) in [5, 5.41) is 11.7. The van der Waals surface area contributed by atoms with Gasteiger partial charge in [-0.2, -0.15) is 0 Å². The van der Waals surface area contributed by atoms with Gasteiger partial charge in [0.15, 0.2) is 0 Å². The topological polar surface area (TPSA) is 92.4 Å². The Morgan fingerprint density at radius 3 is 2.58 bits per heavy atom. The van der Waals surface area contributed by atoms with Crippen molar-refractivity contribution in [1.82, 2.24) is 0 Å². The SMILES string of the molecule is CC[C@H](C)[C@H](N)C(=O)Nc1ccc(C)c(C(=O)O)c1. The average Bonchev–Trinajstić information content (AvgIpc) is 2.38. The number of carbonyl (C=O) groups excluding carboxylic acids is 1. The van der Waals surface area contributed by atoms with Crippen molar-refractivity contribution in [3.05, 3.63) is 29.3 Å². The molecule has 0 spiro atoms. The van der Waals surface area contributed by atoms with Crippen LogP contribution in [-0.2, 0) is 4.79 Å². The summed E-state index contributed by atoms with van der Waals surface area (Å²) in [5.74, 6) is -1.24. The lowest BCUT2D eigenvalue weighted by atomic mass is 9.99. The minimum Gasteiger partial charge on any atom is -0.478 e. The monoisotopic (exact) mass is 264 g/mol. The van der Waals surface area contributed by atoms with Crippen molar-refractivity contribution in [3.8, 4) is 0 Å². The van der Waals surface area contributed by atoms with Crippen molar-refractivity contribution in [1.29, 1.82) is 0 Å². The van der Waals surface area contributed by atoms with Crippen molar-refractivity contribution in [3.63, 3.8) is 0 Å². The molecule has 5 nitrogen and oxygen atoms in total. The molecule has 1 aromatic rings. The van der Waals surface area contributed by atoms with Crippen molar-refractivity contribution in [2.75, 3.05) is 5.32 Å². The maximum Gasteiger partial charge on any atom is 0.336 e. The first-order valence-corrected chi connectivity index (χ1v) is 6.27. The van der Waals surface area contributed by atoms with Crippen molar-refractivity contribution in [2.24, 2.45) is 11.7 Å². The van der Waals surface area contributed by atoms with Gasteiger partial charge < -0.3 is 16.2 Å². The lowest BCUT2D eigenvalue weighted by Crippen LogP contribution is -2.40. The molecule has 104 valence electrons. The van der Waals surface area contributed by atoms with Crippen LogP contribution in [0.1, 0.15) is 36.2 Å².